The maximum Gasteiger partial charge on any atom is 0.408 e. The molecule has 0 saturated heterocycles. The molecule has 0 spiro atoms. The highest BCUT2D eigenvalue weighted by Crippen LogP contribution is 2.09. The Morgan fingerprint density at radius 3 is 2.03 bits per heavy atom. The molecule has 0 aliphatic rings. The predicted molar refractivity (Wildman–Crippen MR) is 126 cm³/mol. The number of thioether (sulfide) groups is 1. The molecule has 0 rings (SSSR count). The summed E-state index contributed by atoms with van der Waals surface area (Å²) in [4.78, 5) is 60.9. The first-order chi connectivity index (χ1) is 15.2. The number of aliphatic carboxylic acids is 1. The Morgan fingerprint density at radius 1 is 0.939 bits per heavy atom. The highest BCUT2D eigenvalue weighted by atomic mass is 32.2. The van der Waals surface area contributed by atoms with Crippen LogP contribution in [0.2, 0.25) is 0 Å². The fourth-order valence-electron chi connectivity index (χ4n) is 2.56. The Morgan fingerprint density at radius 2 is 1.55 bits per heavy atom. The summed E-state index contributed by atoms with van der Waals surface area (Å²) in [6.45, 7) is 8.93. The van der Waals surface area contributed by atoms with Crippen LogP contribution in [0.5, 0.6) is 0 Å². The largest absolute Gasteiger partial charge is 0.481 e. The summed E-state index contributed by atoms with van der Waals surface area (Å²) in [7, 11) is 0. The molecule has 0 aliphatic heterocycles. The fraction of sp³-hybridized carbons (Fsp3) is 0.762. The van der Waals surface area contributed by atoms with Crippen LogP contribution < -0.4 is 21.7 Å². The maximum atomic E-state index is 12.8. The molecule has 190 valence electrons. The third-order valence-electron chi connectivity index (χ3n) is 4.27. The van der Waals surface area contributed by atoms with Gasteiger partial charge in [-0.15, -0.1) is 0 Å². The Hall–Kier alpha value is -2.34. The van der Waals surface area contributed by atoms with Crippen LogP contribution >= 0.6 is 11.8 Å². The molecule has 11 nitrogen and oxygen atoms in total. The number of ether oxygens (including phenoxy) is 1. The van der Waals surface area contributed by atoms with Crippen molar-refractivity contribution in [2.75, 3.05) is 12.0 Å². The molecule has 3 atom stereocenters. The molecule has 0 fully saturated rings. The van der Waals surface area contributed by atoms with Crippen LogP contribution in [0.4, 0.5) is 4.79 Å². The normalized spacial score (nSPS) is 14.1. The lowest BCUT2D eigenvalue weighted by Gasteiger charge is -2.25. The average Bonchev–Trinajstić information content (AvgIpc) is 2.66. The summed E-state index contributed by atoms with van der Waals surface area (Å²) in [6.07, 6.45) is 1.47. The molecular formula is C21H38N4O7S. The van der Waals surface area contributed by atoms with Gasteiger partial charge in [-0.2, -0.15) is 11.8 Å². The van der Waals surface area contributed by atoms with Crippen molar-refractivity contribution in [1.82, 2.24) is 16.0 Å². The van der Waals surface area contributed by atoms with Gasteiger partial charge in [0, 0.05) is 0 Å². The Balaban J connectivity index is 5.29. The van der Waals surface area contributed by atoms with Crippen molar-refractivity contribution in [3.8, 4) is 0 Å². The summed E-state index contributed by atoms with van der Waals surface area (Å²) in [5.41, 5.74) is 5.01. The summed E-state index contributed by atoms with van der Waals surface area (Å²) < 4.78 is 5.17. The van der Waals surface area contributed by atoms with Gasteiger partial charge in [-0.3, -0.25) is 24.5 Å². The van der Waals surface area contributed by atoms with Crippen LogP contribution in [0.25, 0.3) is 0 Å². The van der Waals surface area contributed by atoms with E-state index < -0.39 is 59.9 Å². The smallest absolute Gasteiger partial charge is 0.408 e. The topological polar surface area (TPSA) is 177 Å². The molecule has 0 bridgehead atoms. The van der Waals surface area contributed by atoms with Gasteiger partial charge in [0.05, 0.1) is 12.5 Å². The molecule has 33 heavy (non-hydrogen) atoms. The zero-order valence-corrected chi connectivity index (χ0v) is 21.0. The second-order valence-electron chi connectivity index (χ2n) is 9.07. The first-order valence-corrected chi connectivity index (χ1v) is 12.2. The summed E-state index contributed by atoms with van der Waals surface area (Å²) >= 11 is 1.44. The number of carbonyl (C=O) groups is 5. The van der Waals surface area contributed by atoms with Gasteiger partial charge in [0.1, 0.15) is 17.7 Å². The third-order valence-corrected chi connectivity index (χ3v) is 4.91. The molecule has 1 unspecified atom stereocenters. The van der Waals surface area contributed by atoms with E-state index in [1.165, 1.54) is 11.8 Å². The highest BCUT2D eigenvalue weighted by Gasteiger charge is 2.31. The van der Waals surface area contributed by atoms with Crippen molar-refractivity contribution >= 4 is 41.5 Å². The lowest BCUT2D eigenvalue weighted by Crippen LogP contribution is -2.56. The zero-order valence-electron chi connectivity index (χ0n) is 20.2. The van der Waals surface area contributed by atoms with Crippen LogP contribution in [0, 0.1) is 5.92 Å². The van der Waals surface area contributed by atoms with Crippen molar-refractivity contribution in [3.05, 3.63) is 0 Å². The number of amides is 4. The second kappa shape index (κ2) is 14.7. The molecule has 6 N–H and O–H groups in total. The van der Waals surface area contributed by atoms with Crippen LogP contribution in [0.3, 0.4) is 0 Å². The lowest BCUT2D eigenvalue weighted by molar-refractivity contribution is -0.142. The average molecular weight is 491 g/mol. The quantitative estimate of drug-likeness (QED) is 0.252. The van der Waals surface area contributed by atoms with Gasteiger partial charge < -0.3 is 26.2 Å². The van der Waals surface area contributed by atoms with E-state index in [0.717, 1.165) is 0 Å². The number of hydrogen-bond acceptors (Lipinski definition) is 8. The molecule has 4 amide bonds. The standard InChI is InChI=1S/C21H38N4O7S/c1-12(2)7-8-13(22)17(28)25-19(30)15(11-16(26)27)23-18(29)14(9-10-33-6)24-20(31)32-21(3,4)5/h12-15H,7-11,22H2,1-6H3,(H,23,29)(H,24,31)(H,26,27)(H,25,28,30)/t13?,14-,15-/m0/s1. The SMILES string of the molecule is CSCC[C@H](NC(=O)OC(C)(C)C)C(=O)N[C@@H](CC(=O)O)C(=O)NC(=O)C(N)CCC(C)C. The van der Waals surface area contributed by atoms with Crippen molar-refractivity contribution in [3.63, 3.8) is 0 Å². The minimum Gasteiger partial charge on any atom is -0.481 e. The van der Waals surface area contributed by atoms with Crippen molar-refractivity contribution in [2.24, 2.45) is 11.7 Å². The Kier molecular flexibility index (Phi) is 13.7. The summed E-state index contributed by atoms with van der Waals surface area (Å²) in [5, 5.41) is 16.0. The first kappa shape index (κ1) is 30.7. The second-order valence-corrected chi connectivity index (χ2v) is 10.1. The molecule has 0 saturated carbocycles. The first-order valence-electron chi connectivity index (χ1n) is 10.8. The minimum atomic E-state index is -1.53. The third kappa shape index (κ3) is 14.4. The molecule has 0 heterocycles. The van der Waals surface area contributed by atoms with Crippen LogP contribution in [0.15, 0.2) is 0 Å². The Labute approximate surface area is 199 Å². The predicted octanol–water partition coefficient (Wildman–Crippen LogP) is 0.999. The number of nitrogens with two attached hydrogens (primary N) is 1. The maximum absolute atomic E-state index is 12.8. The van der Waals surface area contributed by atoms with Gasteiger partial charge in [-0.05, 0) is 58.0 Å². The molecule has 12 heteroatoms. The van der Waals surface area contributed by atoms with Gasteiger partial charge in [0.15, 0.2) is 0 Å². The molecule has 0 aromatic rings. The van der Waals surface area contributed by atoms with E-state index >= 15 is 0 Å². The minimum absolute atomic E-state index is 0.215. The highest BCUT2D eigenvalue weighted by molar-refractivity contribution is 7.98. The molecule has 0 aliphatic carbocycles. The van der Waals surface area contributed by atoms with Gasteiger partial charge >= 0.3 is 12.1 Å². The van der Waals surface area contributed by atoms with Crippen LogP contribution in [-0.4, -0.2) is 70.6 Å². The van der Waals surface area contributed by atoms with Crippen molar-refractivity contribution < 1.29 is 33.8 Å². The van der Waals surface area contributed by atoms with E-state index in [2.05, 4.69) is 16.0 Å². The number of rotatable bonds is 13. The van der Waals surface area contributed by atoms with Gasteiger partial charge in [0.25, 0.3) is 0 Å². The number of carboxylic acids is 1. The van der Waals surface area contributed by atoms with Gasteiger partial charge in [0.2, 0.25) is 17.7 Å². The molecular weight excluding hydrogens is 452 g/mol. The van der Waals surface area contributed by atoms with E-state index in [9.17, 15) is 24.0 Å². The Bertz CT molecular complexity index is 695. The monoisotopic (exact) mass is 490 g/mol. The molecule has 0 radical (unpaired) electrons. The van der Waals surface area contributed by atoms with E-state index in [1.807, 2.05) is 20.1 Å². The number of alkyl carbamates (subject to hydrolysis) is 1. The number of imide groups is 1. The molecule has 0 aromatic heterocycles. The van der Waals surface area contributed by atoms with Gasteiger partial charge in [-0.25, -0.2) is 4.79 Å². The van der Waals surface area contributed by atoms with Crippen molar-refractivity contribution in [1.29, 1.82) is 0 Å². The molecule has 0 aromatic carbocycles. The van der Waals surface area contributed by atoms with Crippen LogP contribution in [-0.2, 0) is 23.9 Å². The summed E-state index contributed by atoms with van der Waals surface area (Å²) in [5.74, 6) is -3.05. The van der Waals surface area contributed by atoms with E-state index in [-0.39, 0.29) is 6.42 Å². The van der Waals surface area contributed by atoms with Crippen LogP contribution in [0.1, 0.15) is 60.3 Å². The van der Waals surface area contributed by atoms with Crippen molar-refractivity contribution in [2.45, 2.75) is 84.0 Å². The van der Waals surface area contributed by atoms with Gasteiger partial charge in [-0.1, -0.05) is 13.8 Å². The number of nitrogens with one attached hydrogen (secondary N) is 3. The number of carbonyl (C=O) groups excluding carboxylic acids is 4. The number of carboxylic acid groups (broad SMARTS) is 1. The zero-order chi connectivity index (χ0) is 25.8. The fourth-order valence-corrected chi connectivity index (χ4v) is 3.03. The van der Waals surface area contributed by atoms with E-state index in [1.54, 1.807) is 20.8 Å². The summed E-state index contributed by atoms with van der Waals surface area (Å²) in [6, 6.07) is -3.55. The number of hydrogen-bond donors (Lipinski definition) is 5. The van der Waals surface area contributed by atoms with E-state index in [4.69, 9.17) is 15.6 Å². The lowest BCUT2D eigenvalue weighted by atomic mass is 10.0. The van der Waals surface area contributed by atoms with E-state index in [0.29, 0.717) is 24.5 Å².